The highest BCUT2D eigenvalue weighted by molar-refractivity contribution is 6.51. The molecule has 1 N–H and O–H groups in total. The summed E-state index contributed by atoms with van der Waals surface area (Å²) < 4.78 is 5.47. The van der Waals surface area contributed by atoms with Gasteiger partial charge in [0.05, 0.1) is 10.0 Å². The Morgan fingerprint density at radius 3 is 2.30 bits per heavy atom. The van der Waals surface area contributed by atoms with Gasteiger partial charge in [0.2, 0.25) is 11.3 Å². The Bertz CT molecular complexity index is 1020. The van der Waals surface area contributed by atoms with Crippen LogP contribution in [0.1, 0.15) is 0 Å². The van der Waals surface area contributed by atoms with Crippen LogP contribution < -0.4 is 5.43 Å². The number of hydrogen-bond acceptors (Lipinski definition) is 4. The summed E-state index contributed by atoms with van der Waals surface area (Å²) in [5, 5.41) is 9.41. The zero-order valence-corrected chi connectivity index (χ0v) is 14.6. The zero-order chi connectivity index (χ0) is 16.9. The van der Waals surface area contributed by atoms with Crippen molar-refractivity contribution < 1.29 is 9.52 Å². The molecule has 0 amide bonds. The fourth-order valence-electron chi connectivity index (χ4n) is 1.93. The van der Waals surface area contributed by atoms with Crippen LogP contribution in [0.25, 0.3) is 22.6 Å². The van der Waals surface area contributed by atoms with Crippen molar-refractivity contribution in [1.29, 1.82) is 0 Å². The summed E-state index contributed by atoms with van der Waals surface area (Å²) in [5.74, 6) is -0.815. The molecule has 9 heteroatoms. The maximum absolute atomic E-state index is 12.4. The van der Waals surface area contributed by atoms with Crippen LogP contribution in [0.15, 0.2) is 27.4 Å². The minimum absolute atomic E-state index is 0.183. The van der Waals surface area contributed by atoms with Crippen LogP contribution in [0.2, 0.25) is 25.1 Å². The normalized spacial score (nSPS) is 11.2. The van der Waals surface area contributed by atoms with Crippen molar-refractivity contribution in [3.63, 3.8) is 0 Å². The molecule has 4 nitrogen and oxygen atoms in total. The lowest BCUT2D eigenvalue weighted by molar-refractivity contribution is 0.474. The fraction of sp³-hybridized carbons (Fsp3) is 0. The topological polar surface area (TPSA) is 63.3 Å². The average Bonchev–Trinajstić information content (AvgIpc) is 2.91. The number of benzene rings is 1. The van der Waals surface area contributed by atoms with Gasteiger partial charge in [-0.1, -0.05) is 58.0 Å². The molecule has 0 spiro atoms. The minimum atomic E-state index is -0.819. The highest BCUT2D eigenvalue weighted by Crippen LogP contribution is 2.42. The highest BCUT2D eigenvalue weighted by atomic mass is 35.5. The van der Waals surface area contributed by atoms with E-state index in [1.54, 1.807) is 12.1 Å². The van der Waals surface area contributed by atoms with Gasteiger partial charge < -0.3 is 9.52 Å². The summed E-state index contributed by atoms with van der Waals surface area (Å²) in [4.78, 5) is 16.6. The number of halogens is 5. The summed E-state index contributed by atoms with van der Waals surface area (Å²) in [7, 11) is 0. The van der Waals surface area contributed by atoms with Crippen LogP contribution in [0, 0.1) is 0 Å². The first-order chi connectivity index (χ1) is 10.8. The molecular formula is C14H4Cl5NO3. The van der Waals surface area contributed by atoms with Crippen LogP contribution in [-0.2, 0) is 0 Å². The quantitative estimate of drug-likeness (QED) is 0.547. The van der Waals surface area contributed by atoms with E-state index in [0.717, 1.165) is 0 Å². The Kier molecular flexibility index (Phi) is 4.38. The summed E-state index contributed by atoms with van der Waals surface area (Å²) >= 11 is 29.5. The Balaban J connectivity index is 2.43. The maximum atomic E-state index is 12.4. The van der Waals surface area contributed by atoms with Gasteiger partial charge in [-0.3, -0.25) is 4.79 Å². The summed E-state index contributed by atoms with van der Waals surface area (Å²) in [6.07, 6.45) is 0. The van der Waals surface area contributed by atoms with E-state index in [0.29, 0.717) is 16.1 Å². The van der Waals surface area contributed by atoms with E-state index in [9.17, 15) is 9.90 Å². The van der Waals surface area contributed by atoms with E-state index in [1.807, 2.05) is 0 Å². The van der Waals surface area contributed by atoms with Crippen molar-refractivity contribution in [3.05, 3.63) is 53.5 Å². The summed E-state index contributed by atoms with van der Waals surface area (Å²) in [5.41, 5.74) is -0.414. The highest BCUT2D eigenvalue weighted by Gasteiger charge is 2.24. The summed E-state index contributed by atoms with van der Waals surface area (Å²) in [6.45, 7) is 0. The molecule has 0 fully saturated rings. The molecule has 2 aromatic carbocycles. The SMILES string of the molecule is O=c1c(Cl)c(Cl)c(Cl)c(Cl)c(O)c1-c1nc2cc(Cl)ccc2o1. The van der Waals surface area contributed by atoms with Crippen LogP contribution in [-0.4, -0.2) is 10.1 Å². The number of aromatic hydroxyl groups is 1. The molecule has 3 aromatic rings. The molecule has 0 atom stereocenters. The second-order valence-electron chi connectivity index (χ2n) is 4.44. The largest absolute Gasteiger partial charge is 0.505 e. The maximum Gasteiger partial charge on any atom is 0.235 e. The number of hydrogen-bond donors (Lipinski definition) is 1. The van der Waals surface area contributed by atoms with Gasteiger partial charge in [-0.15, -0.1) is 0 Å². The Labute approximate surface area is 154 Å². The Morgan fingerprint density at radius 1 is 0.957 bits per heavy atom. The van der Waals surface area contributed by atoms with E-state index < -0.39 is 16.2 Å². The van der Waals surface area contributed by atoms with E-state index >= 15 is 0 Å². The van der Waals surface area contributed by atoms with Crippen molar-refractivity contribution in [3.8, 4) is 17.2 Å². The molecule has 0 aliphatic carbocycles. The third kappa shape index (κ3) is 2.75. The average molecular weight is 411 g/mol. The second kappa shape index (κ2) is 6.04. The monoisotopic (exact) mass is 409 g/mol. The Hall–Kier alpha value is -1.17. The molecule has 0 saturated heterocycles. The molecule has 0 radical (unpaired) electrons. The van der Waals surface area contributed by atoms with E-state index in [2.05, 4.69) is 4.98 Å². The first kappa shape index (κ1) is 16.7. The van der Waals surface area contributed by atoms with E-state index in [1.165, 1.54) is 6.07 Å². The molecule has 1 heterocycles. The van der Waals surface area contributed by atoms with Crippen molar-refractivity contribution in [1.82, 2.24) is 4.98 Å². The number of nitrogens with zero attached hydrogens (tertiary/aromatic N) is 1. The van der Waals surface area contributed by atoms with Gasteiger partial charge in [-0.25, -0.2) is 4.98 Å². The third-order valence-electron chi connectivity index (χ3n) is 3.01. The number of rotatable bonds is 1. The zero-order valence-electron chi connectivity index (χ0n) is 10.8. The van der Waals surface area contributed by atoms with Crippen LogP contribution in [0.5, 0.6) is 5.75 Å². The molecule has 0 saturated carbocycles. The van der Waals surface area contributed by atoms with Gasteiger partial charge in [0.1, 0.15) is 21.1 Å². The summed E-state index contributed by atoms with van der Waals surface area (Å²) in [6, 6.07) is 4.70. The number of fused-ring (bicyclic) bond motifs is 1. The van der Waals surface area contributed by atoms with Gasteiger partial charge in [-0.05, 0) is 18.2 Å². The lowest BCUT2D eigenvalue weighted by Gasteiger charge is -1.97. The predicted octanol–water partition coefficient (Wildman–Crippen LogP) is 5.83. The van der Waals surface area contributed by atoms with Crippen molar-refractivity contribution in [2.24, 2.45) is 0 Å². The Morgan fingerprint density at radius 2 is 1.61 bits per heavy atom. The van der Waals surface area contributed by atoms with Gasteiger partial charge in [0.25, 0.3) is 0 Å². The molecule has 0 aliphatic rings. The first-order valence-corrected chi connectivity index (χ1v) is 7.86. The van der Waals surface area contributed by atoms with Gasteiger partial charge in [-0.2, -0.15) is 0 Å². The molecular weight excluding hydrogens is 407 g/mol. The lowest BCUT2D eigenvalue weighted by atomic mass is 10.2. The molecule has 3 rings (SSSR count). The molecule has 1 aromatic heterocycles. The van der Waals surface area contributed by atoms with Crippen molar-refractivity contribution in [2.75, 3.05) is 0 Å². The van der Waals surface area contributed by atoms with Gasteiger partial charge >= 0.3 is 0 Å². The fourth-order valence-corrected chi connectivity index (χ4v) is 2.93. The molecule has 23 heavy (non-hydrogen) atoms. The molecule has 0 bridgehead atoms. The van der Waals surface area contributed by atoms with Crippen LogP contribution in [0.4, 0.5) is 0 Å². The van der Waals surface area contributed by atoms with E-state index in [-0.39, 0.29) is 26.5 Å². The van der Waals surface area contributed by atoms with Crippen molar-refractivity contribution >= 4 is 69.1 Å². The van der Waals surface area contributed by atoms with Crippen LogP contribution >= 0.6 is 58.0 Å². The lowest BCUT2D eigenvalue weighted by Crippen LogP contribution is -2.02. The molecule has 0 aliphatic heterocycles. The van der Waals surface area contributed by atoms with Gasteiger partial charge in [0.15, 0.2) is 11.3 Å². The van der Waals surface area contributed by atoms with Crippen LogP contribution in [0.3, 0.4) is 0 Å². The van der Waals surface area contributed by atoms with E-state index in [4.69, 9.17) is 62.4 Å². The second-order valence-corrected chi connectivity index (χ2v) is 6.39. The third-order valence-corrected chi connectivity index (χ3v) is 5.02. The molecule has 118 valence electrons. The van der Waals surface area contributed by atoms with Crippen molar-refractivity contribution in [2.45, 2.75) is 0 Å². The first-order valence-electron chi connectivity index (χ1n) is 5.97. The predicted molar refractivity (Wildman–Crippen MR) is 92.4 cm³/mol. The number of oxazole rings is 1. The standard InChI is InChI=1S/C14H4Cl5NO3/c15-4-1-2-6-5(3-4)20-14(23-6)7-12(21)10(18)8(16)9(17)11(19)13(7)22/h1-3,21H. The molecule has 0 unspecified atom stereocenters. The smallest absolute Gasteiger partial charge is 0.235 e. The minimum Gasteiger partial charge on any atom is -0.505 e. The number of aromatic nitrogens is 1. The van der Waals surface area contributed by atoms with Gasteiger partial charge in [0, 0.05) is 5.02 Å².